The average Bonchev–Trinajstić information content (AvgIpc) is 2.84. The van der Waals surface area contributed by atoms with Crippen LogP contribution < -0.4 is 0 Å². The van der Waals surface area contributed by atoms with E-state index in [0.717, 1.165) is 4.31 Å². The number of carbonyl (C=O) groups is 1. The zero-order valence-electron chi connectivity index (χ0n) is 8.98. The number of carboxylic acids is 1. The van der Waals surface area contributed by atoms with Crippen molar-refractivity contribution in [3.63, 3.8) is 0 Å². The first kappa shape index (κ1) is 12.4. The molecule has 1 saturated heterocycles. The van der Waals surface area contributed by atoms with Crippen LogP contribution in [-0.2, 0) is 21.9 Å². The molecule has 0 amide bonds. The molecule has 1 atom stereocenters. The van der Waals surface area contributed by atoms with Crippen LogP contribution in [0.25, 0.3) is 0 Å². The van der Waals surface area contributed by atoms with Crippen LogP contribution in [0.4, 0.5) is 0 Å². The van der Waals surface area contributed by atoms with E-state index in [2.05, 4.69) is 4.98 Å². The predicted octanol–water partition coefficient (Wildman–Crippen LogP) is -0.432. The van der Waals surface area contributed by atoms with E-state index in [0.29, 0.717) is 0 Å². The summed E-state index contributed by atoms with van der Waals surface area (Å²) < 4.78 is 26.8. The van der Waals surface area contributed by atoms with Gasteiger partial charge >= 0.3 is 5.97 Å². The van der Waals surface area contributed by atoms with Gasteiger partial charge in [-0.15, -0.1) is 11.8 Å². The number of sulfonamides is 1. The fourth-order valence-electron chi connectivity index (χ4n) is 1.50. The number of thioether (sulfide) groups is 1. The van der Waals surface area contributed by atoms with E-state index in [1.807, 2.05) is 0 Å². The molecule has 1 unspecified atom stereocenters. The smallest absolute Gasteiger partial charge is 0.322 e. The monoisotopic (exact) mass is 277 g/mol. The molecule has 1 aromatic rings. The largest absolute Gasteiger partial charge is 0.480 e. The van der Waals surface area contributed by atoms with E-state index in [-0.39, 0.29) is 16.7 Å². The lowest BCUT2D eigenvalue weighted by atomic mass is 10.4. The van der Waals surface area contributed by atoms with Crippen molar-refractivity contribution < 1.29 is 18.3 Å². The molecule has 9 heteroatoms. The number of hydrogen-bond acceptors (Lipinski definition) is 5. The first-order valence-electron chi connectivity index (χ1n) is 4.73. The number of imidazole rings is 1. The third kappa shape index (κ3) is 2.17. The Bertz CT molecular complexity index is 539. The molecule has 0 saturated carbocycles. The maximum atomic E-state index is 12.1. The van der Waals surface area contributed by atoms with Crippen LogP contribution in [0.5, 0.6) is 0 Å². The van der Waals surface area contributed by atoms with E-state index in [1.165, 1.54) is 28.9 Å². The van der Waals surface area contributed by atoms with Crippen molar-refractivity contribution >= 4 is 27.8 Å². The number of carboxylic acid groups (broad SMARTS) is 1. The van der Waals surface area contributed by atoms with Crippen LogP contribution in [-0.4, -0.2) is 51.0 Å². The summed E-state index contributed by atoms with van der Waals surface area (Å²) in [7, 11) is -2.16. The van der Waals surface area contributed by atoms with Gasteiger partial charge in [0, 0.05) is 19.0 Å². The summed E-state index contributed by atoms with van der Waals surface area (Å²) in [5.74, 6) is -0.716. The van der Waals surface area contributed by atoms with Gasteiger partial charge in [0.15, 0.2) is 5.03 Å². The van der Waals surface area contributed by atoms with Gasteiger partial charge in [-0.2, -0.15) is 4.31 Å². The molecule has 2 heterocycles. The second-order valence-corrected chi connectivity index (χ2v) is 6.46. The molecule has 0 bridgehead atoms. The molecule has 1 aliphatic heterocycles. The molecule has 0 radical (unpaired) electrons. The van der Waals surface area contributed by atoms with Gasteiger partial charge in [0.05, 0.1) is 12.2 Å². The number of aryl methyl sites for hydroxylation is 1. The second kappa shape index (κ2) is 4.31. The van der Waals surface area contributed by atoms with Crippen molar-refractivity contribution in [1.82, 2.24) is 13.9 Å². The summed E-state index contributed by atoms with van der Waals surface area (Å²) in [6, 6.07) is -1.01. The van der Waals surface area contributed by atoms with Gasteiger partial charge in [0.2, 0.25) is 0 Å². The number of rotatable bonds is 3. The Morgan fingerprint density at radius 2 is 2.35 bits per heavy atom. The van der Waals surface area contributed by atoms with E-state index in [4.69, 9.17) is 5.11 Å². The van der Waals surface area contributed by atoms with Crippen LogP contribution in [0, 0.1) is 0 Å². The summed E-state index contributed by atoms with van der Waals surface area (Å²) in [6.45, 7) is 0. The molecule has 1 aromatic heterocycles. The lowest BCUT2D eigenvalue weighted by Crippen LogP contribution is -2.41. The minimum Gasteiger partial charge on any atom is -0.480 e. The molecule has 1 fully saturated rings. The van der Waals surface area contributed by atoms with Gasteiger partial charge in [0.25, 0.3) is 10.0 Å². The van der Waals surface area contributed by atoms with Crippen molar-refractivity contribution in [3.8, 4) is 0 Å². The Labute approximate surface area is 102 Å². The van der Waals surface area contributed by atoms with Gasteiger partial charge in [-0.1, -0.05) is 0 Å². The molecular weight excluding hydrogens is 266 g/mol. The maximum absolute atomic E-state index is 12.1. The predicted molar refractivity (Wildman–Crippen MR) is 61.0 cm³/mol. The van der Waals surface area contributed by atoms with Crippen molar-refractivity contribution in [3.05, 3.63) is 12.5 Å². The summed E-state index contributed by atoms with van der Waals surface area (Å²) in [6.07, 6.45) is 2.73. The first-order valence-corrected chi connectivity index (χ1v) is 7.33. The highest BCUT2D eigenvalue weighted by atomic mass is 32.2. The normalized spacial score (nSPS) is 21.8. The summed E-state index contributed by atoms with van der Waals surface area (Å²) >= 11 is 1.28. The Kier molecular flexibility index (Phi) is 3.15. The molecule has 7 nitrogen and oxygen atoms in total. The Balaban J connectivity index is 2.36. The van der Waals surface area contributed by atoms with E-state index < -0.39 is 22.0 Å². The standard InChI is InChI=1S/C8H11N3O4S2/c1-10-2-7(9-4-10)17(14,15)11-5-16-3-6(11)8(12)13/h2,4,6H,3,5H2,1H3,(H,12,13). The van der Waals surface area contributed by atoms with Crippen molar-refractivity contribution in [2.45, 2.75) is 11.1 Å². The van der Waals surface area contributed by atoms with Gasteiger partial charge in [-0.05, 0) is 0 Å². The highest BCUT2D eigenvalue weighted by molar-refractivity contribution is 8.00. The third-order valence-corrected chi connectivity index (χ3v) is 5.30. The highest BCUT2D eigenvalue weighted by Gasteiger charge is 2.40. The highest BCUT2D eigenvalue weighted by Crippen LogP contribution is 2.27. The van der Waals surface area contributed by atoms with E-state index in [9.17, 15) is 13.2 Å². The fraction of sp³-hybridized carbons (Fsp3) is 0.500. The van der Waals surface area contributed by atoms with Crippen LogP contribution in [0.15, 0.2) is 17.6 Å². The Hall–Kier alpha value is -1.06. The molecular formula is C8H11N3O4S2. The topological polar surface area (TPSA) is 92.5 Å². The van der Waals surface area contributed by atoms with Gasteiger partial charge in [-0.25, -0.2) is 13.4 Å². The van der Waals surface area contributed by atoms with E-state index in [1.54, 1.807) is 7.05 Å². The Morgan fingerprint density at radius 1 is 1.65 bits per heavy atom. The molecule has 1 aliphatic rings. The van der Waals surface area contributed by atoms with Crippen LogP contribution >= 0.6 is 11.8 Å². The SMILES string of the molecule is Cn1cnc(S(=O)(=O)N2CSCC2C(=O)O)c1. The quantitative estimate of drug-likeness (QED) is 0.806. The zero-order chi connectivity index (χ0) is 12.6. The minimum absolute atomic E-state index is 0.117. The summed E-state index contributed by atoms with van der Waals surface area (Å²) in [5.41, 5.74) is 0. The molecule has 2 rings (SSSR count). The van der Waals surface area contributed by atoms with Crippen molar-refractivity contribution in [2.24, 2.45) is 7.05 Å². The number of hydrogen-bond donors (Lipinski definition) is 1. The average molecular weight is 277 g/mol. The van der Waals surface area contributed by atoms with Crippen molar-refractivity contribution in [1.29, 1.82) is 0 Å². The lowest BCUT2D eigenvalue weighted by Gasteiger charge is -2.18. The fourth-order valence-corrected chi connectivity index (χ4v) is 4.60. The van der Waals surface area contributed by atoms with Crippen LogP contribution in [0.1, 0.15) is 0 Å². The van der Waals surface area contributed by atoms with Gasteiger partial charge in [0.1, 0.15) is 6.04 Å². The van der Waals surface area contributed by atoms with Crippen molar-refractivity contribution in [2.75, 3.05) is 11.6 Å². The van der Waals surface area contributed by atoms with Crippen LogP contribution in [0.3, 0.4) is 0 Å². The summed E-state index contributed by atoms with van der Waals surface area (Å²) in [5, 5.41) is 8.84. The molecule has 94 valence electrons. The molecule has 17 heavy (non-hydrogen) atoms. The van der Waals surface area contributed by atoms with Gasteiger partial charge < -0.3 is 9.67 Å². The summed E-state index contributed by atoms with van der Waals surface area (Å²) in [4.78, 5) is 14.7. The first-order chi connectivity index (χ1) is 7.93. The lowest BCUT2D eigenvalue weighted by molar-refractivity contribution is -0.140. The second-order valence-electron chi connectivity index (χ2n) is 3.62. The molecule has 1 N–H and O–H groups in total. The zero-order valence-corrected chi connectivity index (χ0v) is 10.6. The molecule has 0 aliphatic carbocycles. The maximum Gasteiger partial charge on any atom is 0.322 e. The molecule has 0 aromatic carbocycles. The number of aromatic nitrogens is 2. The Morgan fingerprint density at radius 3 is 2.88 bits per heavy atom. The van der Waals surface area contributed by atoms with E-state index >= 15 is 0 Å². The van der Waals surface area contributed by atoms with Gasteiger partial charge in [-0.3, -0.25) is 4.79 Å². The number of nitrogens with zero attached hydrogens (tertiary/aromatic N) is 3. The molecule has 0 spiro atoms. The van der Waals surface area contributed by atoms with Crippen LogP contribution in [0.2, 0.25) is 0 Å². The number of aliphatic carboxylic acids is 1. The third-order valence-electron chi connectivity index (χ3n) is 2.38. The minimum atomic E-state index is -3.81.